The molecule has 0 saturated heterocycles. The van der Waals surface area contributed by atoms with Gasteiger partial charge in [0.1, 0.15) is 0 Å². The molecule has 0 atom stereocenters. The molecule has 2 aromatic carbocycles. The summed E-state index contributed by atoms with van der Waals surface area (Å²) in [6.07, 6.45) is 0. The van der Waals surface area contributed by atoms with Crippen LogP contribution in [0.25, 0.3) is 15.3 Å². The van der Waals surface area contributed by atoms with Crippen molar-refractivity contribution >= 4 is 24.4 Å². The van der Waals surface area contributed by atoms with E-state index in [1.807, 2.05) is 21.8 Å². The zero-order chi connectivity index (χ0) is 13.4. The van der Waals surface area contributed by atoms with E-state index in [-0.39, 0.29) is 20.3 Å². The first-order chi connectivity index (χ1) is 9.16. The fourth-order valence-electron chi connectivity index (χ4n) is 2.14. The Morgan fingerprint density at radius 3 is 2.32 bits per heavy atom. The van der Waals surface area contributed by atoms with Crippen LogP contribution in [0.1, 0.15) is 25.3 Å². The average Bonchev–Trinajstić information content (AvgIpc) is 2.77. The van der Waals surface area contributed by atoms with Crippen LogP contribution < -0.4 is 5.56 Å². The fourth-order valence-corrected chi connectivity index (χ4v) is 4.23. The Kier molecular flexibility index (Phi) is 3.17. The molecule has 1 aromatic heterocycles. The molecule has 19 heavy (non-hydrogen) atoms. The van der Waals surface area contributed by atoms with E-state index in [2.05, 4.69) is 44.2 Å². The Bertz CT molecular complexity index is 765. The van der Waals surface area contributed by atoms with Gasteiger partial charge in [0.15, 0.2) is 0 Å². The molecule has 0 aliphatic rings. The molecule has 0 bridgehead atoms. The van der Waals surface area contributed by atoms with E-state index in [0.717, 1.165) is 11.1 Å². The Balaban J connectivity index is 2.14. The molecule has 0 N–H and O–H groups in total. The maximum absolute atomic E-state index is 12.4. The average molecular weight is 316 g/mol. The molecule has 3 aromatic rings. The summed E-state index contributed by atoms with van der Waals surface area (Å²) in [5, 5.41) is 0.857. The summed E-state index contributed by atoms with van der Waals surface area (Å²) in [4.78, 5) is 12.4. The monoisotopic (exact) mass is 317 g/mol. The number of nitrogens with zero attached hydrogens (tertiary/aromatic N) is 1. The van der Waals surface area contributed by atoms with E-state index in [0.29, 0.717) is 5.92 Å². The van der Waals surface area contributed by atoms with Gasteiger partial charge >= 0.3 is 118 Å². The number of hydrogen-bond donors (Lipinski definition) is 0. The first-order valence-electron chi connectivity index (χ1n) is 6.38. The van der Waals surface area contributed by atoms with Gasteiger partial charge in [-0.3, -0.25) is 0 Å². The van der Waals surface area contributed by atoms with E-state index in [4.69, 9.17) is 0 Å². The molecule has 0 amide bonds. The van der Waals surface area contributed by atoms with Crippen LogP contribution >= 0.6 is 0 Å². The van der Waals surface area contributed by atoms with Crippen molar-refractivity contribution in [2.24, 2.45) is 0 Å². The van der Waals surface area contributed by atoms with Crippen LogP contribution in [0.4, 0.5) is 0 Å². The molecule has 3 rings (SSSR count). The van der Waals surface area contributed by atoms with E-state index >= 15 is 0 Å². The number of benzene rings is 2. The Morgan fingerprint density at radius 2 is 1.68 bits per heavy atom. The van der Waals surface area contributed by atoms with Crippen molar-refractivity contribution in [2.45, 2.75) is 19.8 Å². The Hall–Kier alpha value is -1.57. The minimum absolute atomic E-state index is 0.0625. The van der Waals surface area contributed by atoms with Crippen molar-refractivity contribution < 1.29 is 0 Å². The van der Waals surface area contributed by atoms with E-state index in [1.165, 1.54) is 9.82 Å². The Labute approximate surface area is 118 Å². The molecule has 0 spiro atoms. The van der Waals surface area contributed by atoms with Gasteiger partial charge in [0, 0.05) is 0 Å². The first-order valence-corrected chi connectivity index (χ1v) is 8.00. The van der Waals surface area contributed by atoms with Crippen LogP contribution in [0.5, 0.6) is 0 Å². The molecule has 0 aliphatic heterocycles. The summed E-state index contributed by atoms with van der Waals surface area (Å²) in [5.74, 6) is 0.519. The molecule has 0 unspecified atom stereocenters. The summed E-state index contributed by atoms with van der Waals surface area (Å²) in [5.41, 5.74) is 2.44. The molecule has 0 radical (unpaired) electrons. The number of fused-ring (bicyclic) bond motifs is 1. The van der Waals surface area contributed by atoms with Gasteiger partial charge < -0.3 is 0 Å². The molecule has 96 valence electrons. The van der Waals surface area contributed by atoms with Gasteiger partial charge in [0.05, 0.1) is 0 Å². The van der Waals surface area contributed by atoms with Crippen molar-refractivity contribution in [1.29, 1.82) is 0 Å². The van der Waals surface area contributed by atoms with E-state index in [1.54, 1.807) is 0 Å². The van der Waals surface area contributed by atoms with Gasteiger partial charge in [0.25, 0.3) is 0 Å². The molecular formula is C16H15NOSe. The summed E-state index contributed by atoms with van der Waals surface area (Å²) in [7, 11) is 0. The van der Waals surface area contributed by atoms with Gasteiger partial charge in [-0.05, 0) is 0 Å². The molecule has 1 heterocycles. The summed E-state index contributed by atoms with van der Waals surface area (Å²) < 4.78 is 3.08. The van der Waals surface area contributed by atoms with Crippen LogP contribution in [0.3, 0.4) is 0 Å². The predicted octanol–water partition coefficient (Wildman–Crippen LogP) is 3.17. The van der Waals surface area contributed by atoms with Crippen molar-refractivity contribution in [2.75, 3.05) is 0 Å². The van der Waals surface area contributed by atoms with Gasteiger partial charge in [-0.2, -0.15) is 0 Å². The normalized spacial score (nSPS) is 11.3. The number of aromatic nitrogens is 1. The number of hydrogen-bond acceptors (Lipinski definition) is 1. The second-order valence-electron chi connectivity index (χ2n) is 4.93. The molecule has 0 saturated carbocycles. The van der Waals surface area contributed by atoms with Gasteiger partial charge in [-0.15, -0.1) is 0 Å². The third kappa shape index (κ3) is 2.20. The van der Waals surface area contributed by atoms with Gasteiger partial charge in [-0.25, -0.2) is 0 Å². The second-order valence-corrected chi connectivity index (χ2v) is 7.01. The van der Waals surface area contributed by atoms with Crippen LogP contribution in [-0.2, 0) is 0 Å². The van der Waals surface area contributed by atoms with Crippen LogP contribution in [-0.4, -0.2) is 18.3 Å². The third-order valence-corrected chi connectivity index (χ3v) is 5.62. The van der Waals surface area contributed by atoms with Crippen molar-refractivity contribution in [3.63, 3.8) is 0 Å². The van der Waals surface area contributed by atoms with Crippen LogP contribution in [0.15, 0.2) is 53.3 Å². The molecule has 0 fully saturated rings. The van der Waals surface area contributed by atoms with E-state index in [9.17, 15) is 4.79 Å². The van der Waals surface area contributed by atoms with Crippen molar-refractivity contribution in [1.82, 2.24) is 3.56 Å². The maximum atomic E-state index is 12.4. The van der Waals surface area contributed by atoms with Crippen LogP contribution in [0.2, 0.25) is 0 Å². The van der Waals surface area contributed by atoms with Crippen molar-refractivity contribution in [3.8, 4) is 5.69 Å². The molecule has 3 heteroatoms. The third-order valence-electron chi connectivity index (χ3n) is 3.29. The van der Waals surface area contributed by atoms with Gasteiger partial charge in [0.2, 0.25) is 0 Å². The topological polar surface area (TPSA) is 22.0 Å². The Morgan fingerprint density at radius 1 is 1.00 bits per heavy atom. The minimum atomic E-state index is 0.0625. The SMILES string of the molecule is CC(C)c1ccc(-n2[se]c3ccccc3c2=O)cc1. The van der Waals surface area contributed by atoms with Crippen molar-refractivity contribution in [3.05, 3.63) is 64.4 Å². The van der Waals surface area contributed by atoms with E-state index < -0.39 is 0 Å². The fraction of sp³-hybridized carbons (Fsp3) is 0.188. The quantitative estimate of drug-likeness (QED) is 0.666. The summed E-state index contributed by atoms with van der Waals surface area (Å²) in [6, 6.07) is 16.2. The number of rotatable bonds is 2. The molecular weight excluding hydrogens is 301 g/mol. The van der Waals surface area contributed by atoms with Gasteiger partial charge in [-0.1, -0.05) is 0 Å². The first kappa shape index (κ1) is 12.5. The zero-order valence-electron chi connectivity index (χ0n) is 11.0. The molecule has 2 nitrogen and oxygen atoms in total. The summed E-state index contributed by atoms with van der Waals surface area (Å²) >= 11 is 0.0625. The molecule has 0 aliphatic carbocycles. The zero-order valence-corrected chi connectivity index (χ0v) is 12.7. The second kappa shape index (κ2) is 4.84. The standard InChI is InChI=1S/C16H15NOSe/c1-11(2)12-7-9-13(10-8-12)17-16(18)14-5-3-4-6-15(14)19-17/h3-11H,1-2H3. The predicted molar refractivity (Wildman–Crippen MR) is 80.6 cm³/mol. The van der Waals surface area contributed by atoms with Crippen LogP contribution in [0, 0.1) is 0 Å². The summed E-state index contributed by atoms with van der Waals surface area (Å²) in [6.45, 7) is 4.35.